The van der Waals surface area contributed by atoms with Crippen molar-refractivity contribution in [1.82, 2.24) is 5.32 Å². The van der Waals surface area contributed by atoms with Crippen LogP contribution in [0.15, 0.2) is 23.2 Å². The van der Waals surface area contributed by atoms with Crippen molar-refractivity contribution in [3.63, 3.8) is 0 Å². The lowest BCUT2D eigenvalue weighted by Gasteiger charge is -2.28. The molecule has 3 rings (SSSR count). The zero-order chi connectivity index (χ0) is 20.3. The number of aliphatic imine (C=N–C) groups is 1. The number of amidine groups is 1. The first-order valence-electron chi connectivity index (χ1n) is 7.57. The summed E-state index contributed by atoms with van der Waals surface area (Å²) < 4.78 is 93.4. The average Bonchev–Trinajstić information content (AvgIpc) is 3.01. The van der Waals surface area contributed by atoms with E-state index in [0.29, 0.717) is 16.3 Å². The maximum Gasteiger partial charge on any atom is 0.460 e. The number of nitrogens with zero attached hydrogens (tertiary/aromatic N) is 1. The van der Waals surface area contributed by atoms with Crippen molar-refractivity contribution in [3.8, 4) is 5.75 Å². The highest BCUT2D eigenvalue weighted by Crippen LogP contribution is 2.50. The summed E-state index contributed by atoms with van der Waals surface area (Å²) in [6.45, 7) is -2.15. The van der Waals surface area contributed by atoms with Crippen molar-refractivity contribution in [1.29, 1.82) is 0 Å². The van der Waals surface area contributed by atoms with Crippen molar-refractivity contribution in [3.05, 3.63) is 29.3 Å². The Hall–Kier alpha value is -1.69. The Morgan fingerprint density at radius 2 is 1.93 bits per heavy atom. The van der Waals surface area contributed by atoms with Crippen LogP contribution in [0.4, 0.5) is 30.7 Å². The summed E-state index contributed by atoms with van der Waals surface area (Å²) in [5.74, 6) is -12.0. The molecule has 150 valence electrons. The number of halogens is 7. The van der Waals surface area contributed by atoms with Gasteiger partial charge in [0.1, 0.15) is 5.75 Å². The van der Waals surface area contributed by atoms with E-state index in [1.165, 1.54) is 23.9 Å². The Labute approximate surface area is 152 Å². The molecule has 1 aliphatic heterocycles. The molecule has 2 unspecified atom stereocenters. The van der Waals surface area contributed by atoms with Crippen LogP contribution in [0.2, 0.25) is 0 Å². The van der Waals surface area contributed by atoms with Crippen LogP contribution in [0.25, 0.3) is 0 Å². The molecular formula is C15H13F7N2O2S. The van der Waals surface area contributed by atoms with Gasteiger partial charge in [0.2, 0.25) is 0 Å². The van der Waals surface area contributed by atoms with Crippen LogP contribution in [0.3, 0.4) is 0 Å². The number of hydrogen-bond donors (Lipinski definition) is 2. The predicted molar refractivity (Wildman–Crippen MR) is 83.4 cm³/mol. The number of ether oxygens (including phenoxy) is 1. The van der Waals surface area contributed by atoms with E-state index in [9.17, 15) is 35.8 Å². The standard InChI is InChI=1S/C15H13F7N2O2S/c1-23-11-24-13(25)9-3-2-8(4-7(9)5-10(13)27-11)26-6-12(16,17)14(18,19)15(20,21)22/h2-4,10,25H,5-6H2,1H3,(H,23,24). The topological polar surface area (TPSA) is 53.9 Å². The number of aliphatic hydroxyl groups is 1. The number of thioether (sulfide) groups is 1. The van der Waals surface area contributed by atoms with E-state index in [1.807, 2.05) is 0 Å². The summed E-state index contributed by atoms with van der Waals surface area (Å²) in [5.41, 5.74) is -0.647. The summed E-state index contributed by atoms with van der Waals surface area (Å²) in [6, 6.07) is 3.66. The zero-order valence-electron chi connectivity index (χ0n) is 13.6. The lowest BCUT2D eigenvalue weighted by atomic mass is 10.1. The lowest BCUT2D eigenvalue weighted by molar-refractivity contribution is -0.358. The molecule has 0 aromatic heterocycles. The van der Waals surface area contributed by atoms with Gasteiger partial charge >= 0.3 is 18.0 Å². The number of hydrogen-bond acceptors (Lipinski definition) is 5. The monoisotopic (exact) mass is 418 g/mol. The van der Waals surface area contributed by atoms with Crippen LogP contribution in [-0.2, 0) is 12.1 Å². The number of nitrogens with one attached hydrogen (secondary N) is 1. The molecule has 27 heavy (non-hydrogen) atoms. The van der Waals surface area contributed by atoms with Crippen LogP contribution < -0.4 is 10.1 Å². The fourth-order valence-corrected chi connectivity index (χ4v) is 4.05. The van der Waals surface area contributed by atoms with Crippen molar-refractivity contribution >= 4 is 16.9 Å². The molecule has 0 amide bonds. The summed E-state index contributed by atoms with van der Waals surface area (Å²) >= 11 is 1.27. The fourth-order valence-electron chi connectivity index (χ4n) is 2.86. The highest BCUT2D eigenvalue weighted by atomic mass is 32.2. The summed E-state index contributed by atoms with van der Waals surface area (Å²) in [7, 11) is 1.63. The molecule has 1 aliphatic carbocycles. The van der Waals surface area contributed by atoms with Crippen LogP contribution in [0.1, 0.15) is 11.1 Å². The molecule has 2 aliphatic rings. The van der Waals surface area contributed by atoms with Gasteiger partial charge in [0, 0.05) is 12.6 Å². The van der Waals surface area contributed by atoms with Gasteiger partial charge < -0.3 is 15.2 Å². The minimum Gasteiger partial charge on any atom is -0.487 e. The average molecular weight is 418 g/mol. The first kappa shape index (κ1) is 20.1. The van der Waals surface area contributed by atoms with Gasteiger partial charge in [-0.2, -0.15) is 30.7 Å². The molecule has 0 saturated carbocycles. The maximum atomic E-state index is 13.3. The third kappa shape index (κ3) is 3.12. The van der Waals surface area contributed by atoms with Crippen LogP contribution >= 0.6 is 11.8 Å². The Morgan fingerprint density at radius 1 is 1.26 bits per heavy atom. The van der Waals surface area contributed by atoms with Gasteiger partial charge in [0.25, 0.3) is 0 Å². The minimum atomic E-state index is -6.40. The van der Waals surface area contributed by atoms with Gasteiger partial charge in [-0.3, -0.25) is 0 Å². The van der Waals surface area contributed by atoms with Gasteiger partial charge in [-0.15, -0.1) is 0 Å². The molecule has 0 radical (unpaired) electrons. The van der Waals surface area contributed by atoms with Gasteiger partial charge in [0.15, 0.2) is 17.5 Å². The lowest BCUT2D eigenvalue weighted by Crippen LogP contribution is -2.54. The summed E-state index contributed by atoms with van der Waals surface area (Å²) in [6.07, 6.45) is -6.11. The highest BCUT2D eigenvalue weighted by molar-refractivity contribution is 8.14. The first-order chi connectivity index (χ1) is 12.3. The molecular weight excluding hydrogens is 405 g/mol. The van der Waals surface area contributed by atoms with E-state index in [1.54, 1.807) is 7.05 Å². The summed E-state index contributed by atoms with van der Waals surface area (Å²) in [5, 5.41) is 13.6. The minimum absolute atomic E-state index is 0.289. The normalized spacial score (nSPS) is 25.1. The van der Waals surface area contributed by atoms with Crippen molar-refractivity contribution in [2.75, 3.05) is 13.7 Å². The molecule has 2 N–H and O–H groups in total. The van der Waals surface area contributed by atoms with Gasteiger partial charge in [-0.05, 0) is 24.1 Å². The van der Waals surface area contributed by atoms with E-state index in [2.05, 4.69) is 15.0 Å². The molecule has 0 saturated heterocycles. The molecule has 12 heteroatoms. The molecule has 2 atom stereocenters. The van der Waals surface area contributed by atoms with Crippen molar-refractivity contribution in [2.24, 2.45) is 4.99 Å². The second kappa shape index (κ2) is 6.16. The van der Waals surface area contributed by atoms with Gasteiger partial charge in [-0.1, -0.05) is 17.8 Å². The van der Waals surface area contributed by atoms with Crippen LogP contribution in [-0.4, -0.2) is 47.2 Å². The Bertz CT molecular complexity index is 784. The first-order valence-corrected chi connectivity index (χ1v) is 8.45. The van der Waals surface area contributed by atoms with Crippen LogP contribution in [0, 0.1) is 0 Å². The smallest absolute Gasteiger partial charge is 0.460 e. The van der Waals surface area contributed by atoms with E-state index in [0.717, 1.165) is 6.07 Å². The number of alkyl halides is 7. The Kier molecular flexibility index (Phi) is 4.57. The largest absolute Gasteiger partial charge is 0.487 e. The molecule has 0 fully saturated rings. The third-order valence-electron chi connectivity index (χ3n) is 4.30. The Balaban J connectivity index is 1.77. The van der Waals surface area contributed by atoms with Gasteiger partial charge in [-0.25, -0.2) is 4.99 Å². The second-order valence-corrected chi connectivity index (χ2v) is 7.28. The van der Waals surface area contributed by atoms with Crippen molar-refractivity contribution in [2.45, 2.75) is 35.4 Å². The molecule has 0 spiro atoms. The van der Waals surface area contributed by atoms with Crippen LogP contribution in [0.5, 0.6) is 5.75 Å². The predicted octanol–water partition coefficient (Wildman–Crippen LogP) is 3.29. The molecule has 1 aromatic rings. The van der Waals surface area contributed by atoms with E-state index < -0.39 is 30.4 Å². The zero-order valence-corrected chi connectivity index (χ0v) is 14.4. The fraction of sp³-hybridized carbons (Fsp3) is 0.533. The van der Waals surface area contributed by atoms with E-state index in [4.69, 9.17) is 0 Å². The number of rotatable bonds is 4. The van der Waals surface area contributed by atoms with E-state index >= 15 is 0 Å². The van der Waals surface area contributed by atoms with E-state index in [-0.39, 0.29) is 17.4 Å². The van der Waals surface area contributed by atoms with Gasteiger partial charge in [0.05, 0.1) is 5.25 Å². The Morgan fingerprint density at radius 3 is 2.52 bits per heavy atom. The third-order valence-corrected chi connectivity index (χ3v) is 5.60. The highest BCUT2D eigenvalue weighted by Gasteiger charge is 2.73. The molecule has 4 nitrogen and oxygen atoms in total. The van der Waals surface area contributed by atoms with Crippen molar-refractivity contribution < 1.29 is 40.6 Å². The maximum absolute atomic E-state index is 13.3. The quantitative estimate of drug-likeness (QED) is 0.737. The number of benzene rings is 1. The number of fused-ring (bicyclic) bond motifs is 3. The SMILES string of the molecule is CNC1=NC2(O)c3ccc(OCC(F)(F)C(F)(F)C(F)(F)F)cc3CC2S1. The molecule has 1 heterocycles. The molecule has 0 bridgehead atoms. The summed E-state index contributed by atoms with van der Waals surface area (Å²) in [4.78, 5) is 4.16. The molecule has 1 aromatic carbocycles. The second-order valence-electron chi connectivity index (χ2n) is 6.09.